The lowest BCUT2D eigenvalue weighted by atomic mass is 10.0. The van der Waals surface area contributed by atoms with Gasteiger partial charge in [-0.15, -0.1) is 0 Å². The smallest absolute Gasteiger partial charge is 0.221 e. The summed E-state index contributed by atoms with van der Waals surface area (Å²) in [5.41, 5.74) is 0. The number of piperidine rings is 1. The maximum absolute atomic E-state index is 11.9. The van der Waals surface area contributed by atoms with Crippen molar-refractivity contribution in [2.24, 2.45) is 5.92 Å². The van der Waals surface area contributed by atoms with Crippen LogP contribution < -0.4 is 15.4 Å². The highest BCUT2D eigenvalue weighted by Crippen LogP contribution is 2.10. The fraction of sp³-hybridized carbons (Fsp3) is 0.929. The van der Waals surface area contributed by atoms with Gasteiger partial charge in [0.15, 0.2) is 0 Å². The van der Waals surface area contributed by atoms with E-state index in [4.69, 9.17) is 0 Å². The molecule has 0 spiro atoms. The quantitative estimate of drug-likeness (QED) is 0.581. The molecule has 1 aliphatic rings. The van der Waals surface area contributed by atoms with Crippen molar-refractivity contribution in [2.45, 2.75) is 52.0 Å². The summed E-state index contributed by atoms with van der Waals surface area (Å²) in [6.45, 7) is 5.81. The molecule has 1 saturated heterocycles. The molecule has 1 fully saturated rings. The van der Waals surface area contributed by atoms with Crippen LogP contribution in [0.25, 0.3) is 0 Å². The van der Waals surface area contributed by atoms with Crippen molar-refractivity contribution < 1.29 is 13.2 Å². The predicted octanol–water partition coefficient (Wildman–Crippen LogP) is 0.600. The molecule has 7 heteroatoms. The first-order valence-electron chi connectivity index (χ1n) is 7.86. The second-order valence-electron chi connectivity index (χ2n) is 6.10. The third-order valence-corrected chi connectivity index (χ3v) is 4.95. The molecule has 1 rings (SSSR count). The van der Waals surface area contributed by atoms with Crippen molar-refractivity contribution in [3.05, 3.63) is 0 Å². The maximum Gasteiger partial charge on any atom is 0.221 e. The summed E-state index contributed by atoms with van der Waals surface area (Å²) in [6, 6.07) is 0.310. The van der Waals surface area contributed by atoms with Gasteiger partial charge in [0.2, 0.25) is 15.9 Å². The Morgan fingerprint density at radius 3 is 2.71 bits per heavy atom. The molecular weight excluding hydrogens is 290 g/mol. The molecule has 6 nitrogen and oxygen atoms in total. The molecule has 0 aliphatic carbocycles. The minimum absolute atomic E-state index is 0.111. The first-order chi connectivity index (χ1) is 9.89. The van der Waals surface area contributed by atoms with Gasteiger partial charge >= 0.3 is 0 Å². The molecule has 0 radical (unpaired) electrons. The fourth-order valence-corrected chi connectivity index (χ4v) is 3.42. The summed E-state index contributed by atoms with van der Waals surface area (Å²) in [5.74, 6) is 0.409. The van der Waals surface area contributed by atoms with Crippen molar-refractivity contribution in [3.63, 3.8) is 0 Å². The van der Waals surface area contributed by atoms with E-state index >= 15 is 0 Å². The molecule has 21 heavy (non-hydrogen) atoms. The largest absolute Gasteiger partial charge is 0.356 e. The zero-order chi connectivity index (χ0) is 15.7. The molecule has 0 aromatic carbocycles. The Balaban J connectivity index is 2.15. The van der Waals surface area contributed by atoms with Crippen LogP contribution in [0.3, 0.4) is 0 Å². The number of nitrogens with one attached hydrogen (secondary N) is 3. The van der Waals surface area contributed by atoms with E-state index in [1.807, 2.05) is 13.8 Å². The Labute approximate surface area is 128 Å². The van der Waals surface area contributed by atoms with E-state index in [9.17, 15) is 13.2 Å². The SMILES string of the molecule is CC(C)CNC(=O)CCNS(=O)(=O)CCC1CCCCN1. The number of amides is 1. The molecule has 3 N–H and O–H groups in total. The van der Waals surface area contributed by atoms with Crippen LogP contribution in [-0.2, 0) is 14.8 Å². The van der Waals surface area contributed by atoms with E-state index in [2.05, 4.69) is 15.4 Å². The van der Waals surface area contributed by atoms with Gasteiger partial charge in [0.1, 0.15) is 0 Å². The summed E-state index contributed by atoms with van der Waals surface area (Å²) in [4.78, 5) is 11.5. The summed E-state index contributed by atoms with van der Waals surface area (Å²) in [5, 5.41) is 6.11. The van der Waals surface area contributed by atoms with Crippen molar-refractivity contribution in [3.8, 4) is 0 Å². The molecule has 1 heterocycles. The lowest BCUT2D eigenvalue weighted by Crippen LogP contribution is -2.38. The molecule has 1 unspecified atom stereocenters. The van der Waals surface area contributed by atoms with Crippen LogP contribution in [0.5, 0.6) is 0 Å². The van der Waals surface area contributed by atoms with Crippen LogP contribution in [0.1, 0.15) is 46.0 Å². The summed E-state index contributed by atoms with van der Waals surface area (Å²) >= 11 is 0. The monoisotopic (exact) mass is 319 g/mol. The van der Waals surface area contributed by atoms with Crippen LogP contribution in [0.2, 0.25) is 0 Å². The molecule has 0 bridgehead atoms. The lowest BCUT2D eigenvalue weighted by Gasteiger charge is -2.23. The van der Waals surface area contributed by atoms with Crippen LogP contribution in [0.4, 0.5) is 0 Å². The normalized spacial score (nSPS) is 19.7. The maximum atomic E-state index is 11.9. The van der Waals surface area contributed by atoms with Crippen molar-refractivity contribution in [1.29, 1.82) is 0 Å². The first-order valence-corrected chi connectivity index (χ1v) is 9.51. The molecule has 124 valence electrons. The second-order valence-corrected chi connectivity index (χ2v) is 8.02. The molecule has 0 aromatic heterocycles. The zero-order valence-corrected chi connectivity index (χ0v) is 14.0. The first kappa shape index (κ1) is 18.4. The minimum Gasteiger partial charge on any atom is -0.356 e. The Kier molecular flexibility index (Phi) is 8.21. The van der Waals surface area contributed by atoms with Gasteiger partial charge in [-0.25, -0.2) is 13.1 Å². The number of sulfonamides is 1. The number of hydrogen-bond acceptors (Lipinski definition) is 4. The number of carbonyl (C=O) groups is 1. The third kappa shape index (κ3) is 9.06. The van der Waals surface area contributed by atoms with Gasteiger partial charge in [-0.05, 0) is 31.7 Å². The van der Waals surface area contributed by atoms with Gasteiger partial charge in [0.25, 0.3) is 0 Å². The van der Waals surface area contributed by atoms with E-state index in [0.717, 1.165) is 13.0 Å². The molecule has 1 amide bonds. The van der Waals surface area contributed by atoms with Crippen LogP contribution >= 0.6 is 0 Å². The van der Waals surface area contributed by atoms with Crippen LogP contribution in [-0.4, -0.2) is 45.8 Å². The van der Waals surface area contributed by atoms with Crippen molar-refractivity contribution in [2.75, 3.05) is 25.4 Å². The highest BCUT2D eigenvalue weighted by atomic mass is 32.2. The van der Waals surface area contributed by atoms with Gasteiger partial charge < -0.3 is 10.6 Å². The zero-order valence-electron chi connectivity index (χ0n) is 13.2. The fourth-order valence-electron chi connectivity index (χ4n) is 2.27. The van der Waals surface area contributed by atoms with Gasteiger partial charge in [-0.2, -0.15) is 0 Å². The summed E-state index contributed by atoms with van der Waals surface area (Å²) < 4.78 is 26.2. The van der Waals surface area contributed by atoms with E-state index in [-0.39, 0.29) is 24.6 Å². The van der Waals surface area contributed by atoms with Gasteiger partial charge in [-0.1, -0.05) is 20.3 Å². The van der Waals surface area contributed by atoms with Crippen molar-refractivity contribution in [1.82, 2.24) is 15.4 Å². The van der Waals surface area contributed by atoms with E-state index in [1.54, 1.807) is 0 Å². The molecule has 0 aromatic rings. The Hall–Kier alpha value is -0.660. The highest BCUT2D eigenvalue weighted by Gasteiger charge is 2.17. The summed E-state index contributed by atoms with van der Waals surface area (Å²) in [7, 11) is -3.28. The van der Waals surface area contributed by atoms with E-state index in [1.165, 1.54) is 12.8 Å². The predicted molar refractivity (Wildman–Crippen MR) is 84.5 cm³/mol. The second kappa shape index (κ2) is 9.38. The van der Waals surface area contributed by atoms with Gasteiger partial charge in [-0.3, -0.25) is 4.79 Å². The number of rotatable bonds is 9. The Bertz CT molecular complexity index is 404. The van der Waals surface area contributed by atoms with E-state index < -0.39 is 10.0 Å². The number of hydrogen-bond donors (Lipinski definition) is 3. The average Bonchev–Trinajstić information content (AvgIpc) is 2.44. The average molecular weight is 319 g/mol. The van der Waals surface area contributed by atoms with Gasteiger partial charge in [0.05, 0.1) is 5.75 Å². The minimum atomic E-state index is -3.28. The molecular formula is C14H29N3O3S. The standard InChI is InChI=1S/C14H29N3O3S/c1-12(2)11-16-14(18)6-9-17-21(19,20)10-7-13-5-3-4-8-15-13/h12-13,15,17H,3-11H2,1-2H3,(H,16,18). The lowest BCUT2D eigenvalue weighted by molar-refractivity contribution is -0.121. The highest BCUT2D eigenvalue weighted by molar-refractivity contribution is 7.89. The molecule has 0 saturated carbocycles. The third-order valence-electron chi connectivity index (χ3n) is 3.53. The summed E-state index contributed by atoms with van der Waals surface area (Å²) in [6.07, 6.45) is 4.21. The van der Waals surface area contributed by atoms with Crippen LogP contribution in [0, 0.1) is 5.92 Å². The van der Waals surface area contributed by atoms with E-state index in [0.29, 0.717) is 24.9 Å². The molecule has 1 atom stereocenters. The van der Waals surface area contributed by atoms with Crippen molar-refractivity contribution >= 4 is 15.9 Å². The molecule has 1 aliphatic heterocycles. The topological polar surface area (TPSA) is 87.3 Å². The van der Waals surface area contributed by atoms with Crippen LogP contribution in [0.15, 0.2) is 0 Å². The number of carbonyl (C=O) groups excluding carboxylic acids is 1. The Morgan fingerprint density at radius 2 is 2.10 bits per heavy atom. The van der Waals surface area contributed by atoms with Gasteiger partial charge in [0, 0.05) is 25.6 Å². The Morgan fingerprint density at radius 1 is 1.33 bits per heavy atom.